The molecular formula is C12H18BrN3O. The minimum absolute atomic E-state index is 0.416. The van der Waals surface area contributed by atoms with Gasteiger partial charge in [0.1, 0.15) is 0 Å². The average molecular weight is 300 g/mol. The Morgan fingerprint density at radius 2 is 2.18 bits per heavy atom. The zero-order valence-corrected chi connectivity index (χ0v) is 11.5. The van der Waals surface area contributed by atoms with Crippen molar-refractivity contribution in [2.75, 3.05) is 25.0 Å². The molecule has 0 spiro atoms. The Morgan fingerprint density at radius 3 is 2.82 bits per heavy atom. The van der Waals surface area contributed by atoms with E-state index in [1.807, 2.05) is 12.1 Å². The van der Waals surface area contributed by atoms with Gasteiger partial charge in [-0.15, -0.1) is 0 Å². The maximum atomic E-state index is 11.3. The molecule has 0 bridgehead atoms. The number of anilines is 1. The lowest BCUT2D eigenvalue weighted by molar-refractivity contribution is 0.100. The van der Waals surface area contributed by atoms with Crippen LogP contribution < -0.4 is 16.4 Å². The second-order valence-electron chi connectivity index (χ2n) is 3.69. The molecule has 0 aromatic heterocycles. The van der Waals surface area contributed by atoms with Gasteiger partial charge in [0.25, 0.3) is 5.91 Å². The molecule has 4 N–H and O–H groups in total. The Labute approximate surface area is 110 Å². The lowest BCUT2D eigenvalue weighted by atomic mass is 10.1. The summed E-state index contributed by atoms with van der Waals surface area (Å²) in [6.45, 7) is 4.83. The van der Waals surface area contributed by atoms with Crippen LogP contribution in [0, 0.1) is 0 Å². The molecule has 5 heteroatoms. The molecule has 0 heterocycles. The Bertz CT molecular complexity index is 382. The third-order valence-corrected chi connectivity index (χ3v) is 2.84. The first-order chi connectivity index (χ1) is 8.15. The fraction of sp³-hybridized carbons (Fsp3) is 0.417. The van der Waals surface area contributed by atoms with Crippen LogP contribution in [0.2, 0.25) is 0 Å². The van der Waals surface area contributed by atoms with Crippen LogP contribution in [-0.2, 0) is 0 Å². The maximum absolute atomic E-state index is 11.3. The van der Waals surface area contributed by atoms with Crippen molar-refractivity contribution < 1.29 is 4.79 Å². The molecule has 0 aliphatic heterocycles. The Hall–Kier alpha value is -1.07. The molecule has 0 unspecified atom stereocenters. The third-order valence-electron chi connectivity index (χ3n) is 2.34. The fourth-order valence-corrected chi connectivity index (χ4v) is 1.85. The Morgan fingerprint density at radius 1 is 1.41 bits per heavy atom. The van der Waals surface area contributed by atoms with Gasteiger partial charge in [-0.05, 0) is 37.7 Å². The van der Waals surface area contributed by atoms with E-state index in [1.54, 1.807) is 6.07 Å². The van der Waals surface area contributed by atoms with Gasteiger partial charge in [0.2, 0.25) is 0 Å². The first-order valence-electron chi connectivity index (χ1n) is 5.69. The van der Waals surface area contributed by atoms with Crippen molar-refractivity contribution >= 4 is 27.5 Å². The molecule has 1 aromatic carbocycles. The second kappa shape index (κ2) is 7.29. The zero-order valence-electron chi connectivity index (χ0n) is 9.92. The molecule has 0 saturated heterocycles. The topological polar surface area (TPSA) is 67.2 Å². The highest BCUT2D eigenvalue weighted by Crippen LogP contribution is 2.20. The summed E-state index contributed by atoms with van der Waals surface area (Å²) in [7, 11) is 0. The lowest BCUT2D eigenvalue weighted by Gasteiger charge is -2.10. The van der Waals surface area contributed by atoms with Gasteiger partial charge in [-0.25, -0.2) is 0 Å². The summed E-state index contributed by atoms with van der Waals surface area (Å²) in [6, 6.07) is 5.48. The number of rotatable bonds is 7. The van der Waals surface area contributed by atoms with Crippen LogP contribution in [0.25, 0.3) is 0 Å². The second-order valence-corrected chi connectivity index (χ2v) is 4.60. The minimum atomic E-state index is -0.416. The van der Waals surface area contributed by atoms with Crippen LogP contribution in [0.4, 0.5) is 5.69 Å². The number of carbonyl (C=O) groups excluding carboxylic acids is 1. The van der Waals surface area contributed by atoms with Crippen molar-refractivity contribution in [3.63, 3.8) is 0 Å². The molecule has 0 aliphatic rings. The van der Waals surface area contributed by atoms with E-state index in [0.717, 1.165) is 36.2 Å². The van der Waals surface area contributed by atoms with Gasteiger partial charge in [-0.3, -0.25) is 4.79 Å². The van der Waals surface area contributed by atoms with Gasteiger partial charge in [0.15, 0.2) is 0 Å². The van der Waals surface area contributed by atoms with Crippen LogP contribution in [0.15, 0.2) is 22.7 Å². The number of hydrogen-bond donors (Lipinski definition) is 3. The average Bonchev–Trinajstić information content (AvgIpc) is 2.30. The minimum Gasteiger partial charge on any atom is -0.384 e. The molecule has 0 aliphatic carbocycles. The molecule has 0 saturated carbocycles. The molecule has 0 radical (unpaired) electrons. The predicted octanol–water partition coefficient (Wildman–Crippen LogP) is 1.96. The van der Waals surface area contributed by atoms with Gasteiger partial charge in [0, 0.05) is 16.7 Å². The van der Waals surface area contributed by atoms with Gasteiger partial charge in [0.05, 0.1) is 5.56 Å². The van der Waals surface area contributed by atoms with Gasteiger partial charge < -0.3 is 16.4 Å². The highest BCUT2D eigenvalue weighted by atomic mass is 79.9. The Balaban J connectivity index is 2.55. The molecule has 0 atom stereocenters. The largest absolute Gasteiger partial charge is 0.384 e. The van der Waals surface area contributed by atoms with Gasteiger partial charge in [-0.2, -0.15) is 0 Å². The predicted molar refractivity (Wildman–Crippen MR) is 74.3 cm³/mol. The standard InChI is InChI=1S/C12H18BrN3O/c1-2-15-6-3-7-16-11-5-4-9(13)8-10(11)12(14)17/h4-5,8,15-16H,2-3,6-7H2,1H3,(H2,14,17). The van der Waals surface area contributed by atoms with E-state index in [-0.39, 0.29) is 0 Å². The van der Waals surface area contributed by atoms with Crippen molar-refractivity contribution in [3.8, 4) is 0 Å². The first-order valence-corrected chi connectivity index (χ1v) is 6.48. The number of carbonyl (C=O) groups is 1. The monoisotopic (exact) mass is 299 g/mol. The fourth-order valence-electron chi connectivity index (χ4n) is 1.49. The van der Waals surface area contributed by atoms with Crippen LogP contribution in [-0.4, -0.2) is 25.5 Å². The molecule has 0 fully saturated rings. The number of nitrogens with two attached hydrogens (primary N) is 1. The maximum Gasteiger partial charge on any atom is 0.250 e. The summed E-state index contributed by atoms with van der Waals surface area (Å²) in [5, 5.41) is 6.46. The quantitative estimate of drug-likeness (QED) is 0.674. The number of benzene rings is 1. The number of primary amides is 1. The smallest absolute Gasteiger partial charge is 0.250 e. The highest BCUT2D eigenvalue weighted by Gasteiger charge is 2.07. The van der Waals surface area contributed by atoms with Crippen LogP contribution in [0.3, 0.4) is 0 Å². The number of amides is 1. The molecule has 1 rings (SSSR count). The first kappa shape index (κ1) is 14.0. The van der Waals surface area contributed by atoms with Crippen molar-refractivity contribution in [1.82, 2.24) is 5.32 Å². The third kappa shape index (κ3) is 4.75. The van der Waals surface area contributed by atoms with Crippen molar-refractivity contribution in [2.45, 2.75) is 13.3 Å². The van der Waals surface area contributed by atoms with Gasteiger partial charge in [-0.1, -0.05) is 22.9 Å². The van der Waals surface area contributed by atoms with Crippen LogP contribution in [0.1, 0.15) is 23.7 Å². The Kier molecular flexibility index (Phi) is 6.00. The highest BCUT2D eigenvalue weighted by molar-refractivity contribution is 9.10. The molecule has 1 aromatic rings. The van der Waals surface area contributed by atoms with E-state index in [9.17, 15) is 4.79 Å². The molecular weight excluding hydrogens is 282 g/mol. The van der Waals surface area contributed by atoms with Crippen molar-refractivity contribution in [1.29, 1.82) is 0 Å². The van der Waals surface area contributed by atoms with E-state index >= 15 is 0 Å². The van der Waals surface area contributed by atoms with Crippen LogP contribution >= 0.6 is 15.9 Å². The summed E-state index contributed by atoms with van der Waals surface area (Å²) < 4.78 is 0.851. The summed E-state index contributed by atoms with van der Waals surface area (Å²) in [5.74, 6) is -0.416. The van der Waals surface area contributed by atoms with Gasteiger partial charge >= 0.3 is 0 Å². The summed E-state index contributed by atoms with van der Waals surface area (Å²) >= 11 is 3.32. The lowest BCUT2D eigenvalue weighted by Crippen LogP contribution is -2.19. The summed E-state index contributed by atoms with van der Waals surface area (Å²) in [6.07, 6.45) is 1.00. The molecule has 17 heavy (non-hydrogen) atoms. The molecule has 4 nitrogen and oxygen atoms in total. The summed E-state index contributed by atoms with van der Waals surface area (Å²) in [5.41, 5.74) is 6.63. The number of hydrogen-bond acceptors (Lipinski definition) is 3. The molecule has 94 valence electrons. The summed E-state index contributed by atoms with van der Waals surface area (Å²) in [4.78, 5) is 11.3. The van der Waals surface area contributed by atoms with E-state index < -0.39 is 5.91 Å². The van der Waals surface area contributed by atoms with E-state index in [0.29, 0.717) is 5.56 Å². The van der Waals surface area contributed by atoms with Crippen LogP contribution in [0.5, 0.6) is 0 Å². The normalized spacial score (nSPS) is 10.2. The zero-order chi connectivity index (χ0) is 12.7. The van der Waals surface area contributed by atoms with E-state index in [1.165, 1.54) is 0 Å². The molecule has 1 amide bonds. The van der Waals surface area contributed by atoms with Crippen molar-refractivity contribution in [3.05, 3.63) is 28.2 Å². The number of halogens is 1. The van der Waals surface area contributed by atoms with Crippen molar-refractivity contribution in [2.24, 2.45) is 5.73 Å². The van der Waals surface area contributed by atoms with E-state index in [2.05, 4.69) is 33.5 Å². The van der Waals surface area contributed by atoms with E-state index in [4.69, 9.17) is 5.73 Å². The SMILES string of the molecule is CCNCCCNc1ccc(Br)cc1C(N)=O. The number of nitrogens with one attached hydrogen (secondary N) is 2.